The maximum atomic E-state index is 5.85. The van der Waals surface area contributed by atoms with Crippen molar-refractivity contribution in [3.05, 3.63) is 23.8 Å². The normalized spacial score (nSPS) is 9.00. The molecule has 3 heteroatoms. The summed E-state index contributed by atoms with van der Waals surface area (Å²) in [6, 6.07) is 6.05. The van der Waals surface area contributed by atoms with E-state index in [4.69, 9.17) is 14.0 Å². The third-order valence-corrected chi connectivity index (χ3v) is 7.47. The summed E-state index contributed by atoms with van der Waals surface area (Å²) in [7, 11) is 5.85. The Hall–Kier alpha value is 0.245. The molecule has 0 saturated heterocycles. The van der Waals surface area contributed by atoms with E-state index in [2.05, 4.69) is 13.0 Å². The summed E-state index contributed by atoms with van der Waals surface area (Å²) in [5, 5.41) is 0. The van der Waals surface area contributed by atoms with Crippen molar-refractivity contribution in [3.63, 3.8) is 0 Å². The van der Waals surface area contributed by atoms with Crippen LogP contribution < -0.4 is 8.81 Å². The van der Waals surface area contributed by atoms with Crippen LogP contribution in [0, 0.1) is 6.92 Å². The number of nitrogen functional groups attached to an aromatic ring is 1. The van der Waals surface area contributed by atoms with Crippen molar-refractivity contribution in [2.45, 2.75) is 6.92 Å². The van der Waals surface area contributed by atoms with E-state index in [1.54, 1.807) is 0 Å². The van der Waals surface area contributed by atoms with Crippen LogP contribution in [0.3, 0.4) is 0 Å². The number of aryl methyl sites for hydroxylation is 1. The molecule has 10 heavy (non-hydrogen) atoms. The Bertz CT molecular complexity index is 237. The van der Waals surface area contributed by atoms with Crippen LogP contribution in [0.1, 0.15) is 5.56 Å². The van der Waals surface area contributed by atoms with Crippen molar-refractivity contribution >= 4 is 17.0 Å². The average molecular weight is 342 g/mol. The molecule has 0 aromatic heterocycles. The Labute approximate surface area is 76.4 Å². The van der Waals surface area contributed by atoms with Gasteiger partial charge >= 0.3 is 76.8 Å². The molecule has 0 aliphatic carbocycles. The van der Waals surface area contributed by atoms with E-state index in [0.29, 0.717) is 0 Å². The van der Waals surface area contributed by atoms with E-state index in [1.807, 2.05) is 12.1 Å². The Balaban J connectivity index is 3.09. The number of halogens is 1. The monoisotopic (exact) mass is 343 g/mol. The first-order chi connectivity index (χ1) is 4.74. The number of anilines is 1. The van der Waals surface area contributed by atoms with E-state index in [-0.39, 0.29) is 0 Å². The predicted octanol–water partition coefficient (Wildman–Crippen LogP) is 1.44. The first kappa shape index (κ1) is 8.34. The SMILES string of the molecule is Cc1ccc(N)[c]([Hg][Cl])c1. The van der Waals surface area contributed by atoms with Crippen molar-refractivity contribution in [2.24, 2.45) is 0 Å². The van der Waals surface area contributed by atoms with Gasteiger partial charge < -0.3 is 0 Å². The Morgan fingerprint density at radius 2 is 2.20 bits per heavy atom. The standard InChI is InChI=1S/C7H8N.ClH.Hg/c1-6-2-4-7(8)5-3-6;;/h2-4H,8H2,1H3;1H;/q;;+1/p-1. The zero-order valence-electron chi connectivity index (χ0n) is 5.89. The summed E-state index contributed by atoms with van der Waals surface area (Å²) in [6.07, 6.45) is 0. The first-order valence-corrected chi connectivity index (χ1v) is 12.7. The van der Waals surface area contributed by atoms with Gasteiger partial charge in [0.2, 0.25) is 0 Å². The number of rotatable bonds is 1. The molecule has 0 radical (unpaired) electrons. The number of nitrogens with two attached hydrogens (primary N) is 1. The minimum atomic E-state index is -1.28. The molecule has 0 amide bonds. The van der Waals surface area contributed by atoms with Crippen LogP contribution in [0.2, 0.25) is 0 Å². The van der Waals surface area contributed by atoms with Gasteiger partial charge in [0.05, 0.1) is 0 Å². The topological polar surface area (TPSA) is 26.0 Å². The molecule has 0 fully saturated rings. The van der Waals surface area contributed by atoms with Crippen LogP contribution >= 0.6 is 8.25 Å². The van der Waals surface area contributed by atoms with Gasteiger partial charge in [-0.25, -0.2) is 0 Å². The second-order valence-electron chi connectivity index (χ2n) is 2.34. The molecule has 2 N–H and O–H groups in total. The fourth-order valence-electron chi connectivity index (χ4n) is 0.850. The predicted molar refractivity (Wildman–Crippen MR) is 41.1 cm³/mol. The molecule has 0 bridgehead atoms. The Morgan fingerprint density at radius 3 is 2.70 bits per heavy atom. The van der Waals surface area contributed by atoms with Crippen molar-refractivity contribution in [3.8, 4) is 0 Å². The van der Waals surface area contributed by atoms with Gasteiger partial charge in [0, 0.05) is 0 Å². The molecule has 1 aromatic carbocycles. The molecule has 50 valence electrons. The zero-order chi connectivity index (χ0) is 7.56. The summed E-state index contributed by atoms with van der Waals surface area (Å²) in [5.41, 5.74) is 7.80. The van der Waals surface area contributed by atoms with Crippen LogP contribution in [0.4, 0.5) is 5.69 Å². The molecule has 0 saturated carbocycles. The van der Waals surface area contributed by atoms with E-state index in [1.165, 1.54) is 8.64 Å². The third-order valence-electron chi connectivity index (χ3n) is 1.44. The number of benzene rings is 1. The van der Waals surface area contributed by atoms with Crippen LogP contribution in [0.25, 0.3) is 0 Å². The number of hydrogen-bond acceptors (Lipinski definition) is 1. The van der Waals surface area contributed by atoms with Crippen LogP contribution in [-0.4, -0.2) is 0 Å². The summed E-state index contributed by atoms with van der Waals surface area (Å²) in [6.45, 7) is 2.06. The van der Waals surface area contributed by atoms with Crippen molar-refractivity contribution in [1.29, 1.82) is 0 Å². The molecule has 0 unspecified atom stereocenters. The van der Waals surface area contributed by atoms with Gasteiger partial charge in [-0.05, 0) is 0 Å². The van der Waals surface area contributed by atoms with Crippen LogP contribution in [0.15, 0.2) is 18.2 Å². The summed E-state index contributed by atoms with van der Waals surface area (Å²) in [5.74, 6) is 0. The van der Waals surface area contributed by atoms with Crippen LogP contribution in [-0.2, 0) is 23.3 Å². The molecule has 0 aliphatic rings. The summed E-state index contributed by atoms with van der Waals surface area (Å²) in [4.78, 5) is 0. The van der Waals surface area contributed by atoms with E-state index in [9.17, 15) is 0 Å². The minimum absolute atomic E-state index is 0.877. The zero-order valence-corrected chi connectivity index (χ0v) is 12.1. The van der Waals surface area contributed by atoms with Gasteiger partial charge in [-0.2, -0.15) is 0 Å². The molecule has 0 atom stereocenters. The van der Waals surface area contributed by atoms with Gasteiger partial charge in [0.25, 0.3) is 0 Å². The molecule has 1 aromatic rings. The quantitative estimate of drug-likeness (QED) is 0.607. The molecule has 0 heterocycles. The molecular formula is C7H8ClHgN. The molecule has 0 spiro atoms. The fourth-order valence-corrected chi connectivity index (χ4v) is 5.49. The van der Waals surface area contributed by atoms with Crippen molar-refractivity contribution in [1.82, 2.24) is 0 Å². The van der Waals surface area contributed by atoms with Gasteiger partial charge in [0.1, 0.15) is 0 Å². The Morgan fingerprint density at radius 1 is 1.50 bits per heavy atom. The molecule has 0 aliphatic heterocycles. The van der Waals surface area contributed by atoms with E-state index in [0.717, 1.165) is 5.69 Å². The van der Waals surface area contributed by atoms with E-state index < -0.39 is 23.3 Å². The van der Waals surface area contributed by atoms with E-state index >= 15 is 0 Å². The second kappa shape index (κ2) is 3.58. The molecular weight excluding hydrogens is 334 g/mol. The van der Waals surface area contributed by atoms with Gasteiger partial charge in [0.15, 0.2) is 0 Å². The molecule has 1 rings (SSSR count). The Kier molecular flexibility index (Phi) is 2.99. The van der Waals surface area contributed by atoms with Gasteiger partial charge in [-0.3, -0.25) is 0 Å². The maximum absolute atomic E-state index is 5.85. The fraction of sp³-hybridized carbons (Fsp3) is 0.143. The van der Waals surface area contributed by atoms with Crippen LogP contribution in [0.5, 0.6) is 0 Å². The number of hydrogen-bond donors (Lipinski definition) is 1. The summed E-state index contributed by atoms with van der Waals surface area (Å²) < 4.78 is 1.24. The second-order valence-corrected chi connectivity index (χ2v) is 8.68. The first-order valence-electron chi connectivity index (χ1n) is 3.15. The molecule has 1 nitrogen and oxygen atoms in total. The van der Waals surface area contributed by atoms with Gasteiger partial charge in [-0.15, -0.1) is 0 Å². The third kappa shape index (κ3) is 1.86. The average Bonchev–Trinajstić information content (AvgIpc) is 1.94. The van der Waals surface area contributed by atoms with Crippen molar-refractivity contribution in [2.75, 3.05) is 5.73 Å². The van der Waals surface area contributed by atoms with Gasteiger partial charge in [-0.1, -0.05) is 0 Å². The summed E-state index contributed by atoms with van der Waals surface area (Å²) >= 11 is -1.28. The van der Waals surface area contributed by atoms with Crippen molar-refractivity contribution < 1.29 is 23.3 Å².